The summed E-state index contributed by atoms with van der Waals surface area (Å²) in [7, 11) is 1.61. The first-order chi connectivity index (χ1) is 12.2. The molecule has 7 nitrogen and oxygen atoms in total. The van der Waals surface area contributed by atoms with Gasteiger partial charge in [-0.05, 0) is 17.7 Å². The third kappa shape index (κ3) is 4.19. The van der Waals surface area contributed by atoms with E-state index in [-0.39, 0.29) is 29.5 Å². The molecule has 2 N–H and O–H groups in total. The van der Waals surface area contributed by atoms with Crippen LogP contribution in [0, 0.1) is 5.92 Å². The fourth-order valence-corrected chi connectivity index (χ4v) is 3.12. The summed E-state index contributed by atoms with van der Waals surface area (Å²) in [4.78, 5) is 26.8. The van der Waals surface area contributed by atoms with Gasteiger partial charge in [-0.25, -0.2) is 0 Å². The van der Waals surface area contributed by atoms with E-state index < -0.39 is 0 Å². The first-order valence-electron chi connectivity index (χ1n) is 8.24. The molecule has 0 bridgehead atoms. The molecule has 25 heavy (non-hydrogen) atoms. The summed E-state index contributed by atoms with van der Waals surface area (Å²) in [6, 6.07) is 13.1. The lowest BCUT2D eigenvalue weighted by Crippen LogP contribution is -2.45. The van der Waals surface area contributed by atoms with E-state index in [1.807, 2.05) is 18.2 Å². The van der Waals surface area contributed by atoms with E-state index in [2.05, 4.69) is 37.9 Å². The average molecular weight is 339 g/mol. The number of rotatable bonds is 5. The topological polar surface area (TPSA) is 87.2 Å². The molecule has 1 aromatic heterocycles. The highest BCUT2D eigenvalue weighted by atomic mass is 16.2. The van der Waals surface area contributed by atoms with Crippen molar-refractivity contribution in [2.75, 3.05) is 20.1 Å². The fourth-order valence-electron chi connectivity index (χ4n) is 3.12. The van der Waals surface area contributed by atoms with Gasteiger partial charge in [0.25, 0.3) is 5.91 Å². The predicted molar refractivity (Wildman–Crippen MR) is 92.6 cm³/mol. The molecule has 2 amide bonds. The van der Waals surface area contributed by atoms with E-state index in [9.17, 15) is 9.59 Å². The van der Waals surface area contributed by atoms with Gasteiger partial charge in [-0.3, -0.25) is 14.5 Å². The number of aromatic nitrogens is 2. The van der Waals surface area contributed by atoms with Gasteiger partial charge in [0.05, 0.1) is 12.0 Å². The van der Waals surface area contributed by atoms with Gasteiger partial charge < -0.3 is 10.6 Å². The Morgan fingerprint density at radius 1 is 1.16 bits per heavy atom. The Kier molecular flexibility index (Phi) is 5.35. The molecule has 0 spiro atoms. The second kappa shape index (κ2) is 7.85. The van der Waals surface area contributed by atoms with Gasteiger partial charge in [-0.2, -0.15) is 5.10 Å². The van der Waals surface area contributed by atoms with Gasteiger partial charge in [0.1, 0.15) is 0 Å². The minimum Gasteiger partial charge on any atom is -0.359 e. The number of hydrogen-bond acceptors (Lipinski definition) is 5. The van der Waals surface area contributed by atoms with Crippen molar-refractivity contribution in [1.82, 2.24) is 25.7 Å². The molecular formula is C18H21N5O2. The summed E-state index contributed by atoms with van der Waals surface area (Å²) in [5.41, 5.74) is 1.43. The molecule has 1 fully saturated rings. The van der Waals surface area contributed by atoms with Crippen LogP contribution in [-0.2, 0) is 11.3 Å². The van der Waals surface area contributed by atoms with Gasteiger partial charge >= 0.3 is 0 Å². The third-order valence-electron chi connectivity index (χ3n) is 4.35. The number of hydrogen-bond donors (Lipinski definition) is 2. The van der Waals surface area contributed by atoms with E-state index in [1.54, 1.807) is 19.2 Å². The summed E-state index contributed by atoms with van der Waals surface area (Å²) in [6.45, 7) is 1.95. The largest absolute Gasteiger partial charge is 0.359 e. The smallest absolute Gasteiger partial charge is 0.272 e. The maximum Gasteiger partial charge on any atom is 0.272 e. The number of nitrogens with zero attached hydrogens (tertiary/aromatic N) is 3. The monoisotopic (exact) mass is 339 g/mol. The van der Waals surface area contributed by atoms with Crippen molar-refractivity contribution in [2.45, 2.75) is 12.6 Å². The molecule has 0 aliphatic carbocycles. The van der Waals surface area contributed by atoms with Crippen molar-refractivity contribution in [3.05, 3.63) is 59.9 Å². The number of benzene rings is 1. The van der Waals surface area contributed by atoms with Gasteiger partial charge in [0.15, 0.2) is 5.69 Å². The quantitative estimate of drug-likeness (QED) is 0.826. The molecule has 7 heteroatoms. The molecule has 3 rings (SSSR count). The van der Waals surface area contributed by atoms with Crippen LogP contribution in [-0.4, -0.2) is 53.1 Å². The van der Waals surface area contributed by atoms with Crippen LogP contribution in [0.25, 0.3) is 0 Å². The first-order valence-corrected chi connectivity index (χ1v) is 8.24. The zero-order valence-electron chi connectivity index (χ0n) is 14.1. The fraction of sp³-hybridized carbons (Fsp3) is 0.333. The molecule has 0 radical (unpaired) electrons. The van der Waals surface area contributed by atoms with Crippen molar-refractivity contribution in [3.8, 4) is 0 Å². The van der Waals surface area contributed by atoms with E-state index in [4.69, 9.17) is 0 Å². The van der Waals surface area contributed by atoms with Crippen LogP contribution in [0.5, 0.6) is 0 Å². The van der Waals surface area contributed by atoms with Crippen LogP contribution in [0.3, 0.4) is 0 Å². The number of carbonyl (C=O) groups is 2. The molecule has 1 saturated heterocycles. The number of nitrogens with one attached hydrogen (secondary N) is 2. The minimum atomic E-state index is -0.312. The molecule has 1 aromatic carbocycles. The van der Waals surface area contributed by atoms with Gasteiger partial charge in [-0.1, -0.05) is 30.3 Å². The normalized spacial score (nSPS) is 20.2. The Hall–Kier alpha value is -2.80. The van der Waals surface area contributed by atoms with Crippen LogP contribution in [0.15, 0.2) is 48.7 Å². The number of amides is 2. The van der Waals surface area contributed by atoms with E-state index in [0.717, 1.165) is 6.54 Å². The first kappa shape index (κ1) is 17.0. The predicted octanol–water partition coefficient (Wildman–Crippen LogP) is 0.453. The van der Waals surface area contributed by atoms with Gasteiger partial charge in [-0.15, -0.1) is 5.10 Å². The van der Waals surface area contributed by atoms with Crippen molar-refractivity contribution in [2.24, 2.45) is 5.92 Å². The van der Waals surface area contributed by atoms with Crippen LogP contribution >= 0.6 is 0 Å². The summed E-state index contributed by atoms with van der Waals surface area (Å²) < 4.78 is 0. The molecule has 0 saturated carbocycles. The van der Waals surface area contributed by atoms with E-state index >= 15 is 0 Å². The Bertz CT molecular complexity index is 723. The van der Waals surface area contributed by atoms with Crippen LogP contribution < -0.4 is 10.6 Å². The molecule has 2 heterocycles. The summed E-state index contributed by atoms with van der Waals surface area (Å²) in [5, 5.41) is 13.2. The lowest BCUT2D eigenvalue weighted by molar-refractivity contribution is -0.124. The molecule has 130 valence electrons. The molecule has 1 aliphatic heterocycles. The van der Waals surface area contributed by atoms with Crippen molar-refractivity contribution in [1.29, 1.82) is 0 Å². The summed E-state index contributed by atoms with van der Waals surface area (Å²) >= 11 is 0. The van der Waals surface area contributed by atoms with Crippen molar-refractivity contribution >= 4 is 11.8 Å². The molecule has 1 aliphatic rings. The summed E-state index contributed by atoms with van der Waals surface area (Å²) in [5.74, 6) is -0.678. The molecule has 2 aromatic rings. The zero-order chi connectivity index (χ0) is 17.6. The lowest BCUT2D eigenvalue weighted by Gasteiger charge is -2.18. The highest BCUT2D eigenvalue weighted by Crippen LogP contribution is 2.20. The Morgan fingerprint density at radius 2 is 1.96 bits per heavy atom. The molecule has 0 unspecified atom stereocenters. The van der Waals surface area contributed by atoms with E-state index in [1.165, 1.54) is 11.8 Å². The maximum absolute atomic E-state index is 12.4. The minimum absolute atomic E-state index is 0.0694. The highest BCUT2D eigenvalue weighted by molar-refractivity contribution is 5.93. The molecular weight excluding hydrogens is 318 g/mol. The third-order valence-corrected chi connectivity index (χ3v) is 4.35. The van der Waals surface area contributed by atoms with Crippen LogP contribution in [0.1, 0.15) is 16.1 Å². The van der Waals surface area contributed by atoms with Gasteiger partial charge in [0.2, 0.25) is 5.91 Å². The van der Waals surface area contributed by atoms with E-state index in [0.29, 0.717) is 13.1 Å². The highest BCUT2D eigenvalue weighted by Gasteiger charge is 2.38. The number of likely N-dealkylation sites (tertiary alicyclic amines) is 1. The second-order valence-electron chi connectivity index (χ2n) is 6.09. The van der Waals surface area contributed by atoms with Crippen molar-refractivity contribution < 1.29 is 9.59 Å². The van der Waals surface area contributed by atoms with Crippen molar-refractivity contribution in [3.63, 3.8) is 0 Å². The SMILES string of the molecule is CNC(=O)[C@H]1CN(Cc2ccccc2)C[C@@H]1NC(=O)c1cccnn1. The Morgan fingerprint density at radius 3 is 2.64 bits per heavy atom. The molecule has 2 atom stereocenters. The summed E-state index contributed by atoms with van der Waals surface area (Å²) in [6.07, 6.45) is 1.52. The van der Waals surface area contributed by atoms with Crippen LogP contribution in [0.4, 0.5) is 0 Å². The Balaban J connectivity index is 1.69. The van der Waals surface area contributed by atoms with Crippen LogP contribution in [0.2, 0.25) is 0 Å². The number of carbonyl (C=O) groups excluding carboxylic acids is 2. The second-order valence-corrected chi connectivity index (χ2v) is 6.09. The standard InChI is InChI=1S/C18H21N5O2/c1-19-17(24)14-11-23(10-13-6-3-2-4-7-13)12-16(14)21-18(25)15-8-5-9-20-22-15/h2-9,14,16H,10-12H2,1H3,(H,19,24)(H,21,25)/t14-,16-/m0/s1. The maximum atomic E-state index is 12.4. The van der Waals surface area contributed by atoms with Gasteiger partial charge in [0, 0.05) is 32.9 Å². The Labute approximate surface area is 146 Å². The average Bonchev–Trinajstić information content (AvgIpc) is 3.04. The lowest BCUT2D eigenvalue weighted by atomic mass is 10.0. The zero-order valence-corrected chi connectivity index (χ0v) is 14.1.